The first-order chi connectivity index (χ1) is 11.1. The summed E-state index contributed by atoms with van der Waals surface area (Å²) in [5.74, 6) is -0.0621. The quantitative estimate of drug-likeness (QED) is 0.792. The van der Waals surface area contributed by atoms with Crippen molar-refractivity contribution in [2.75, 3.05) is 18.9 Å². The summed E-state index contributed by atoms with van der Waals surface area (Å²) in [5.41, 5.74) is 4.11. The molecule has 5 heteroatoms. The summed E-state index contributed by atoms with van der Waals surface area (Å²) in [7, 11) is 1.78. The van der Waals surface area contributed by atoms with Crippen molar-refractivity contribution in [3.8, 4) is 0 Å². The van der Waals surface area contributed by atoms with Gasteiger partial charge in [0.05, 0.1) is 6.04 Å². The number of hydrogen-bond acceptors (Lipinski definition) is 2. The molecule has 0 saturated heterocycles. The monoisotopic (exact) mass is 325 g/mol. The highest BCUT2D eigenvalue weighted by atomic mass is 32.1. The second-order valence-corrected chi connectivity index (χ2v) is 6.02. The van der Waals surface area contributed by atoms with E-state index in [4.69, 9.17) is 12.2 Å². The number of benzene rings is 2. The second kappa shape index (κ2) is 6.38. The Morgan fingerprint density at radius 1 is 1.26 bits per heavy atom. The minimum Gasteiger partial charge on any atom is -0.366 e. The number of carbonyl (C=O) groups is 1. The molecule has 4 nitrogen and oxygen atoms in total. The van der Waals surface area contributed by atoms with Crippen molar-refractivity contribution in [1.29, 1.82) is 0 Å². The van der Waals surface area contributed by atoms with Gasteiger partial charge in [-0.15, -0.1) is 0 Å². The predicted molar refractivity (Wildman–Crippen MR) is 96.5 cm³/mol. The lowest BCUT2D eigenvalue weighted by atomic mass is 9.95. The van der Waals surface area contributed by atoms with E-state index in [1.807, 2.05) is 36.1 Å². The van der Waals surface area contributed by atoms with Crippen LogP contribution in [0.1, 0.15) is 22.7 Å². The van der Waals surface area contributed by atoms with Crippen molar-refractivity contribution in [2.45, 2.75) is 13.0 Å². The molecule has 3 rings (SSSR count). The van der Waals surface area contributed by atoms with Crippen molar-refractivity contribution >= 4 is 28.9 Å². The number of hydrogen-bond donors (Lipinski definition) is 2. The molecule has 2 N–H and O–H groups in total. The van der Waals surface area contributed by atoms with Gasteiger partial charge < -0.3 is 15.5 Å². The van der Waals surface area contributed by atoms with Gasteiger partial charge in [0, 0.05) is 18.3 Å². The number of thiocarbonyl (C=S) groups is 1. The zero-order valence-electron chi connectivity index (χ0n) is 13.2. The van der Waals surface area contributed by atoms with E-state index in [1.165, 1.54) is 0 Å². The Morgan fingerprint density at radius 3 is 2.70 bits per heavy atom. The maximum absolute atomic E-state index is 12.3. The van der Waals surface area contributed by atoms with Gasteiger partial charge in [0.2, 0.25) is 5.91 Å². The van der Waals surface area contributed by atoms with Gasteiger partial charge in [0.15, 0.2) is 5.11 Å². The van der Waals surface area contributed by atoms with Crippen LogP contribution in [0.25, 0.3) is 0 Å². The van der Waals surface area contributed by atoms with Crippen LogP contribution >= 0.6 is 12.2 Å². The molecule has 2 aromatic carbocycles. The Morgan fingerprint density at radius 2 is 2.00 bits per heavy atom. The highest BCUT2D eigenvalue weighted by molar-refractivity contribution is 7.80. The molecule has 0 bridgehead atoms. The molecule has 2 aromatic rings. The van der Waals surface area contributed by atoms with Crippen LogP contribution in [0.2, 0.25) is 0 Å². The number of nitrogens with zero attached hydrogens (tertiary/aromatic N) is 1. The SMILES string of the molecule is CNC(=S)N1CC(=O)Nc2cc(C)ccc2C1c1ccccc1. The van der Waals surface area contributed by atoms with Crippen LogP contribution in [0, 0.1) is 6.92 Å². The average molecular weight is 325 g/mol. The molecular formula is C18H19N3OS. The number of amides is 1. The summed E-state index contributed by atoms with van der Waals surface area (Å²) in [6.45, 7) is 2.23. The van der Waals surface area contributed by atoms with Gasteiger partial charge in [-0.1, -0.05) is 42.5 Å². The van der Waals surface area contributed by atoms with Crippen LogP contribution in [-0.4, -0.2) is 29.5 Å². The van der Waals surface area contributed by atoms with Gasteiger partial charge in [0.25, 0.3) is 0 Å². The lowest BCUT2D eigenvalue weighted by Crippen LogP contribution is -2.43. The topological polar surface area (TPSA) is 44.4 Å². The van der Waals surface area contributed by atoms with Gasteiger partial charge in [-0.05, 0) is 36.3 Å². The lowest BCUT2D eigenvalue weighted by molar-refractivity contribution is -0.116. The van der Waals surface area contributed by atoms with Gasteiger partial charge in [-0.25, -0.2) is 0 Å². The molecule has 1 atom stereocenters. The van der Waals surface area contributed by atoms with Crippen LogP contribution in [0.5, 0.6) is 0 Å². The Hall–Kier alpha value is -2.40. The third-order valence-electron chi connectivity index (χ3n) is 3.99. The molecule has 1 aliphatic rings. The average Bonchev–Trinajstić information content (AvgIpc) is 2.70. The van der Waals surface area contributed by atoms with E-state index in [-0.39, 0.29) is 18.5 Å². The number of anilines is 1. The molecule has 1 amide bonds. The van der Waals surface area contributed by atoms with Crippen LogP contribution in [0.15, 0.2) is 48.5 Å². The molecule has 0 radical (unpaired) electrons. The Balaban J connectivity index is 2.19. The predicted octanol–water partition coefficient (Wildman–Crippen LogP) is 2.84. The van der Waals surface area contributed by atoms with Gasteiger partial charge in [-0.3, -0.25) is 4.79 Å². The number of rotatable bonds is 1. The molecule has 0 aromatic heterocycles. The van der Waals surface area contributed by atoms with Crippen molar-refractivity contribution in [1.82, 2.24) is 10.2 Å². The van der Waals surface area contributed by atoms with Crippen molar-refractivity contribution in [2.24, 2.45) is 0 Å². The zero-order valence-corrected chi connectivity index (χ0v) is 14.0. The fourth-order valence-electron chi connectivity index (χ4n) is 2.95. The highest BCUT2D eigenvalue weighted by Crippen LogP contribution is 2.36. The standard InChI is InChI=1S/C18H19N3OS/c1-12-8-9-14-15(10-12)20-16(22)11-21(18(23)19-2)17(14)13-6-4-3-5-7-13/h3-10,17H,11H2,1-2H3,(H,19,23)(H,20,22). The summed E-state index contributed by atoms with van der Waals surface area (Å²) >= 11 is 5.46. The Bertz CT molecular complexity index is 745. The number of fused-ring (bicyclic) bond motifs is 1. The first-order valence-corrected chi connectivity index (χ1v) is 7.94. The van der Waals surface area contributed by atoms with Crippen molar-refractivity contribution in [3.63, 3.8) is 0 Å². The lowest BCUT2D eigenvalue weighted by Gasteiger charge is -2.32. The molecule has 0 saturated carbocycles. The zero-order chi connectivity index (χ0) is 16.4. The van der Waals surface area contributed by atoms with E-state index in [9.17, 15) is 4.79 Å². The largest absolute Gasteiger partial charge is 0.366 e. The number of aryl methyl sites for hydroxylation is 1. The molecule has 1 heterocycles. The van der Waals surface area contributed by atoms with E-state index in [1.54, 1.807) is 7.05 Å². The highest BCUT2D eigenvalue weighted by Gasteiger charge is 2.31. The van der Waals surface area contributed by atoms with Crippen LogP contribution in [-0.2, 0) is 4.79 Å². The van der Waals surface area contributed by atoms with Crippen molar-refractivity contribution < 1.29 is 4.79 Å². The third kappa shape index (κ3) is 3.05. The van der Waals surface area contributed by atoms with E-state index in [2.05, 4.69) is 34.9 Å². The van der Waals surface area contributed by atoms with Gasteiger partial charge in [-0.2, -0.15) is 0 Å². The summed E-state index contributed by atoms with van der Waals surface area (Å²) in [6.07, 6.45) is 0. The maximum Gasteiger partial charge on any atom is 0.244 e. The fourth-order valence-corrected chi connectivity index (χ4v) is 3.12. The first kappa shape index (κ1) is 15.5. The van der Waals surface area contributed by atoms with Gasteiger partial charge >= 0.3 is 0 Å². The smallest absolute Gasteiger partial charge is 0.244 e. The minimum atomic E-state index is -0.106. The third-order valence-corrected chi connectivity index (χ3v) is 4.43. The van der Waals surface area contributed by atoms with E-state index < -0.39 is 0 Å². The van der Waals surface area contributed by atoms with Crippen LogP contribution in [0.4, 0.5) is 5.69 Å². The minimum absolute atomic E-state index is 0.0621. The van der Waals surface area contributed by atoms with E-state index >= 15 is 0 Å². The summed E-state index contributed by atoms with van der Waals surface area (Å²) in [4.78, 5) is 14.3. The van der Waals surface area contributed by atoms with Crippen molar-refractivity contribution in [3.05, 3.63) is 65.2 Å². The molecule has 0 spiro atoms. The summed E-state index contributed by atoms with van der Waals surface area (Å²) in [6, 6.07) is 16.2. The summed E-state index contributed by atoms with van der Waals surface area (Å²) < 4.78 is 0. The van der Waals surface area contributed by atoms with Crippen LogP contribution < -0.4 is 10.6 Å². The second-order valence-electron chi connectivity index (χ2n) is 5.64. The molecule has 1 unspecified atom stereocenters. The molecule has 0 aliphatic carbocycles. The van der Waals surface area contributed by atoms with Crippen LogP contribution in [0.3, 0.4) is 0 Å². The molecule has 0 fully saturated rings. The normalized spacial score (nSPS) is 17.0. The maximum atomic E-state index is 12.3. The number of nitrogens with one attached hydrogen (secondary N) is 2. The Labute approximate surface area is 141 Å². The summed E-state index contributed by atoms with van der Waals surface area (Å²) in [5, 5.41) is 6.56. The molecular weight excluding hydrogens is 306 g/mol. The van der Waals surface area contributed by atoms with E-state index in [0.717, 1.165) is 22.4 Å². The Kier molecular flexibility index (Phi) is 4.30. The van der Waals surface area contributed by atoms with E-state index in [0.29, 0.717) is 5.11 Å². The molecule has 118 valence electrons. The number of carbonyl (C=O) groups excluding carboxylic acids is 1. The first-order valence-electron chi connectivity index (χ1n) is 7.54. The fraction of sp³-hybridized carbons (Fsp3) is 0.222. The van der Waals surface area contributed by atoms with Gasteiger partial charge in [0.1, 0.15) is 6.54 Å². The molecule has 1 aliphatic heterocycles. The molecule has 23 heavy (non-hydrogen) atoms.